The second kappa shape index (κ2) is 7.34. The summed E-state index contributed by atoms with van der Waals surface area (Å²) in [6, 6.07) is 9.12. The molecule has 22 heavy (non-hydrogen) atoms. The van der Waals surface area contributed by atoms with Crippen LogP contribution in [0.2, 0.25) is 0 Å². The van der Waals surface area contributed by atoms with Crippen LogP contribution in [0.4, 0.5) is 4.39 Å². The van der Waals surface area contributed by atoms with Crippen molar-refractivity contribution in [2.24, 2.45) is 0 Å². The minimum absolute atomic E-state index is 0.236. The Morgan fingerprint density at radius 3 is 2.73 bits per heavy atom. The predicted molar refractivity (Wildman–Crippen MR) is 78.8 cm³/mol. The number of halogens is 1. The lowest BCUT2D eigenvalue weighted by atomic mass is 9.98. The number of hydrogen-bond donors (Lipinski definition) is 2. The van der Waals surface area contributed by atoms with Gasteiger partial charge in [-0.1, -0.05) is 12.1 Å². The SMILES string of the molecule is CC(NNC(=O)c1cc[n+]([B-]C#N)cc1)c1cccc(F)c1. The third-order valence-corrected chi connectivity index (χ3v) is 3.07. The second-order valence-electron chi connectivity index (χ2n) is 4.67. The fourth-order valence-electron chi connectivity index (χ4n) is 1.85. The molecule has 0 aliphatic carbocycles. The fraction of sp³-hybridized carbons (Fsp3) is 0.133. The minimum atomic E-state index is -0.321. The molecule has 5 nitrogen and oxygen atoms in total. The first-order valence-corrected chi connectivity index (χ1v) is 6.65. The molecule has 0 fully saturated rings. The van der Waals surface area contributed by atoms with Gasteiger partial charge in [-0.15, -0.1) is 5.97 Å². The van der Waals surface area contributed by atoms with E-state index >= 15 is 0 Å². The number of rotatable bonds is 5. The molecule has 2 N–H and O–H groups in total. The third-order valence-electron chi connectivity index (χ3n) is 3.07. The Kier molecular flexibility index (Phi) is 5.23. The van der Waals surface area contributed by atoms with Crippen molar-refractivity contribution in [3.8, 4) is 5.97 Å². The monoisotopic (exact) mass is 296 g/mol. The fourth-order valence-corrected chi connectivity index (χ4v) is 1.85. The average Bonchev–Trinajstić information content (AvgIpc) is 2.53. The van der Waals surface area contributed by atoms with Crippen molar-refractivity contribution in [1.82, 2.24) is 10.9 Å². The number of nitrogens with zero attached hydrogens (tertiary/aromatic N) is 2. The first-order chi connectivity index (χ1) is 10.6. The molecule has 1 amide bonds. The number of pyridine rings is 1. The molecular formula is C15H14BFN4O. The van der Waals surface area contributed by atoms with Gasteiger partial charge < -0.3 is 4.48 Å². The van der Waals surface area contributed by atoms with Crippen LogP contribution in [0.1, 0.15) is 28.9 Å². The Bertz CT molecular complexity index is 699. The van der Waals surface area contributed by atoms with E-state index < -0.39 is 0 Å². The molecule has 110 valence electrons. The maximum atomic E-state index is 13.1. The van der Waals surface area contributed by atoms with Gasteiger partial charge in [-0.05, 0) is 24.6 Å². The molecule has 2 rings (SSSR count). The highest BCUT2D eigenvalue weighted by molar-refractivity contribution is 6.35. The van der Waals surface area contributed by atoms with Gasteiger partial charge in [0.1, 0.15) is 18.2 Å². The number of carbonyl (C=O) groups excluding carboxylic acids is 1. The smallest absolute Gasteiger partial charge is 0.265 e. The van der Waals surface area contributed by atoms with Crippen LogP contribution < -0.4 is 15.3 Å². The number of hydrazine groups is 1. The molecule has 0 aliphatic heterocycles. The summed E-state index contributed by atoms with van der Waals surface area (Å²) in [5, 5.41) is 8.53. The highest BCUT2D eigenvalue weighted by atomic mass is 19.1. The van der Waals surface area contributed by atoms with Gasteiger partial charge in [0, 0.05) is 18.2 Å². The molecule has 1 atom stereocenters. The molecule has 1 aromatic carbocycles. The molecule has 0 bridgehead atoms. The molecule has 0 spiro atoms. The van der Waals surface area contributed by atoms with Gasteiger partial charge in [0.2, 0.25) is 7.41 Å². The van der Waals surface area contributed by atoms with E-state index in [9.17, 15) is 9.18 Å². The summed E-state index contributed by atoms with van der Waals surface area (Å²) in [7, 11) is 1.31. The van der Waals surface area contributed by atoms with E-state index in [0.717, 1.165) is 5.56 Å². The zero-order valence-corrected chi connectivity index (χ0v) is 12.0. The highest BCUT2D eigenvalue weighted by Crippen LogP contribution is 2.12. The van der Waals surface area contributed by atoms with Crippen LogP contribution in [0.3, 0.4) is 0 Å². The minimum Gasteiger partial charge on any atom is -0.461 e. The Labute approximate surface area is 128 Å². The maximum absolute atomic E-state index is 13.1. The summed E-state index contributed by atoms with van der Waals surface area (Å²) < 4.78 is 14.7. The normalized spacial score (nSPS) is 11.5. The number of benzene rings is 1. The molecule has 2 aromatic rings. The van der Waals surface area contributed by atoms with Crippen LogP contribution in [-0.2, 0) is 0 Å². The number of hydrogen-bond acceptors (Lipinski definition) is 3. The van der Waals surface area contributed by atoms with Crippen molar-refractivity contribution in [2.75, 3.05) is 0 Å². The first-order valence-electron chi connectivity index (χ1n) is 6.65. The largest absolute Gasteiger partial charge is 0.461 e. The van der Waals surface area contributed by atoms with E-state index in [-0.39, 0.29) is 17.8 Å². The van der Waals surface area contributed by atoms with Crippen LogP contribution in [0.25, 0.3) is 0 Å². The summed E-state index contributed by atoms with van der Waals surface area (Å²) >= 11 is 0. The van der Waals surface area contributed by atoms with E-state index in [1.54, 1.807) is 41.1 Å². The second-order valence-corrected chi connectivity index (χ2v) is 4.67. The average molecular weight is 296 g/mol. The zero-order chi connectivity index (χ0) is 15.9. The quantitative estimate of drug-likeness (QED) is 0.640. The Balaban J connectivity index is 1.93. The van der Waals surface area contributed by atoms with Crippen LogP contribution in [0.5, 0.6) is 0 Å². The first kappa shape index (κ1) is 15.7. The third kappa shape index (κ3) is 4.14. The molecule has 0 saturated carbocycles. The molecule has 1 heterocycles. The lowest BCUT2D eigenvalue weighted by Crippen LogP contribution is -2.41. The van der Waals surface area contributed by atoms with Crippen LogP contribution >= 0.6 is 0 Å². The van der Waals surface area contributed by atoms with Gasteiger partial charge in [-0.2, -0.15) is 0 Å². The number of amides is 1. The van der Waals surface area contributed by atoms with Gasteiger partial charge in [0.05, 0.1) is 5.56 Å². The van der Waals surface area contributed by atoms with Crippen molar-refractivity contribution in [3.05, 3.63) is 65.7 Å². The van der Waals surface area contributed by atoms with Crippen molar-refractivity contribution in [1.29, 1.82) is 5.26 Å². The zero-order valence-electron chi connectivity index (χ0n) is 12.0. The molecular weight excluding hydrogens is 282 g/mol. The van der Waals surface area contributed by atoms with Crippen LogP contribution in [0.15, 0.2) is 48.8 Å². The van der Waals surface area contributed by atoms with Crippen molar-refractivity contribution in [3.63, 3.8) is 0 Å². The molecule has 7 heteroatoms. The van der Waals surface area contributed by atoms with E-state index in [4.69, 9.17) is 5.26 Å². The topological polar surface area (TPSA) is 68.8 Å². The number of aromatic nitrogens is 1. The molecule has 1 unspecified atom stereocenters. The van der Waals surface area contributed by atoms with Crippen LogP contribution in [0, 0.1) is 17.0 Å². The molecule has 1 aromatic heterocycles. The van der Waals surface area contributed by atoms with Crippen molar-refractivity contribution < 1.29 is 13.7 Å². The summed E-state index contributed by atoms with van der Waals surface area (Å²) in [6.07, 6.45) is 3.21. The van der Waals surface area contributed by atoms with Gasteiger partial charge in [0.15, 0.2) is 0 Å². The van der Waals surface area contributed by atoms with E-state index in [0.29, 0.717) is 5.56 Å². The summed E-state index contributed by atoms with van der Waals surface area (Å²) in [4.78, 5) is 12.0. The Hall–Kier alpha value is -2.72. The standard InChI is InChI=1S/C15H13BFN4O/c1-11(13-3-2-4-14(17)9-13)19-20-15(22)12-5-7-21(8-6-12)16-10-18/h2-9,11,19H,1H3/q-1/p+1. The Morgan fingerprint density at radius 1 is 1.36 bits per heavy atom. The van der Waals surface area contributed by atoms with E-state index in [1.165, 1.54) is 19.5 Å². The predicted octanol–water partition coefficient (Wildman–Crippen LogP) is 1.06. The van der Waals surface area contributed by atoms with Gasteiger partial charge in [0.25, 0.3) is 5.91 Å². The van der Waals surface area contributed by atoms with E-state index in [1.807, 2.05) is 12.9 Å². The van der Waals surface area contributed by atoms with Crippen molar-refractivity contribution in [2.45, 2.75) is 13.0 Å². The number of carbonyl (C=O) groups is 1. The molecule has 0 saturated heterocycles. The lowest BCUT2D eigenvalue weighted by molar-refractivity contribution is -0.527. The number of nitrogens with one attached hydrogen (secondary N) is 2. The molecule has 2 radical (unpaired) electrons. The Morgan fingerprint density at radius 2 is 2.09 bits per heavy atom. The maximum Gasteiger partial charge on any atom is 0.265 e. The summed E-state index contributed by atoms with van der Waals surface area (Å²) in [5.41, 5.74) is 6.58. The number of nitriles is 1. The summed E-state index contributed by atoms with van der Waals surface area (Å²) in [6.45, 7) is 1.82. The van der Waals surface area contributed by atoms with Crippen LogP contribution in [-0.4, -0.2) is 13.3 Å². The van der Waals surface area contributed by atoms with E-state index in [2.05, 4.69) is 10.9 Å². The lowest BCUT2D eigenvalue weighted by Gasteiger charge is -2.15. The van der Waals surface area contributed by atoms with Gasteiger partial charge in [-0.25, -0.2) is 15.1 Å². The van der Waals surface area contributed by atoms with Gasteiger partial charge >= 0.3 is 0 Å². The van der Waals surface area contributed by atoms with Crippen molar-refractivity contribution >= 4 is 13.3 Å². The summed E-state index contributed by atoms with van der Waals surface area (Å²) in [5.74, 6) is 1.26. The highest BCUT2D eigenvalue weighted by Gasteiger charge is 2.09. The van der Waals surface area contributed by atoms with Gasteiger partial charge in [-0.3, -0.25) is 10.2 Å². The molecule has 0 aliphatic rings.